The molecule has 5 rings (SSSR count). The van der Waals surface area contributed by atoms with Crippen LogP contribution in [0.25, 0.3) is 6.08 Å². The number of aromatic hydroxyl groups is 2. The lowest BCUT2D eigenvalue weighted by atomic mass is 9.96. The van der Waals surface area contributed by atoms with Gasteiger partial charge in [-0.05, 0) is 61.7 Å². The Bertz CT molecular complexity index is 1460. The second-order valence-corrected chi connectivity index (χ2v) is 12.9. The van der Waals surface area contributed by atoms with Crippen LogP contribution in [0.3, 0.4) is 0 Å². The lowest BCUT2D eigenvalue weighted by Gasteiger charge is -2.48. The molecule has 3 saturated heterocycles. The van der Waals surface area contributed by atoms with Gasteiger partial charge in [0.1, 0.15) is 66.4 Å². The molecule has 3 fully saturated rings. The lowest BCUT2D eigenvalue weighted by molar-refractivity contribution is -0.375. The molecule has 15 atom stereocenters. The van der Waals surface area contributed by atoms with Crippen molar-refractivity contribution in [3.63, 3.8) is 0 Å². The Labute approximate surface area is 298 Å². The van der Waals surface area contributed by atoms with Gasteiger partial charge >= 0.3 is 5.97 Å². The first kappa shape index (κ1) is 39.9. The van der Waals surface area contributed by atoms with Gasteiger partial charge in [0.2, 0.25) is 0 Å². The molecule has 0 saturated carbocycles. The minimum absolute atomic E-state index is 0.00788. The van der Waals surface area contributed by atoms with Gasteiger partial charge in [-0.2, -0.15) is 0 Å². The Morgan fingerprint density at radius 3 is 1.88 bits per heavy atom. The third-order valence-corrected chi connectivity index (χ3v) is 9.13. The van der Waals surface area contributed by atoms with E-state index in [1.54, 1.807) is 24.3 Å². The first-order valence-electron chi connectivity index (χ1n) is 16.8. The number of ether oxygens (including phenoxy) is 7. The van der Waals surface area contributed by atoms with Crippen LogP contribution in [0.15, 0.2) is 54.6 Å². The van der Waals surface area contributed by atoms with Gasteiger partial charge in [-0.25, -0.2) is 4.79 Å². The molecule has 52 heavy (non-hydrogen) atoms. The maximum absolute atomic E-state index is 13.0. The number of carbonyl (C=O) groups is 1. The molecule has 3 aliphatic rings. The molecule has 17 heteroatoms. The molecular weight excluding hydrogens is 692 g/mol. The Morgan fingerprint density at radius 1 is 0.673 bits per heavy atom. The van der Waals surface area contributed by atoms with Crippen molar-refractivity contribution < 1.29 is 83.9 Å². The smallest absolute Gasteiger partial charge is 0.331 e. The fourth-order valence-corrected chi connectivity index (χ4v) is 6.10. The minimum Gasteiger partial charge on any atom is -0.508 e. The van der Waals surface area contributed by atoms with Gasteiger partial charge in [0, 0.05) is 6.08 Å². The number of aliphatic hydroxyl groups is 7. The number of phenolic OH excluding ortho intramolecular Hbond substituents is 2. The summed E-state index contributed by atoms with van der Waals surface area (Å²) in [5.41, 5.74) is 1.35. The van der Waals surface area contributed by atoms with Crippen LogP contribution in [0.4, 0.5) is 0 Å². The molecule has 0 amide bonds. The number of carbonyl (C=O) groups excluding carboxylic acids is 1. The molecule has 0 aromatic heterocycles. The summed E-state index contributed by atoms with van der Waals surface area (Å²) in [6.45, 7) is 2.18. The quantitative estimate of drug-likeness (QED) is 0.0879. The molecule has 9 N–H and O–H groups in total. The average Bonchev–Trinajstić information content (AvgIpc) is 3.12. The van der Waals surface area contributed by atoms with Gasteiger partial charge in [-0.3, -0.25) is 0 Å². The van der Waals surface area contributed by atoms with Crippen LogP contribution in [-0.2, 0) is 44.4 Å². The molecular formula is C35H46O17. The molecule has 17 nitrogen and oxygen atoms in total. The predicted molar refractivity (Wildman–Crippen MR) is 175 cm³/mol. The van der Waals surface area contributed by atoms with E-state index in [9.17, 15) is 50.8 Å². The molecule has 0 radical (unpaired) electrons. The average molecular weight is 739 g/mol. The van der Waals surface area contributed by atoms with Crippen molar-refractivity contribution in [3.05, 3.63) is 65.7 Å². The van der Waals surface area contributed by atoms with E-state index in [4.69, 9.17) is 33.2 Å². The van der Waals surface area contributed by atoms with Gasteiger partial charge in [0.05, 0.1) is 25.4 Å². The third-order valence-electron chi connectivity index (χ3n) is 9.13. The van der Waals surface area contributed by atoms with E-state index in [0.29, 0.717) is 12.0 Å². The van der Waals surface area contributed by atoms with Crippen LogP contribution in [0.2, 0.25) is 0 Å². The SMILES string of the molecule is C[C@@H]1O[C@@H](O[C@@H]2[C@@H](O)[C@@H](O)[C@H](O[C@@H]3[C@@H](O)[C@H](OCCc4ccc(O)cc4)O[C@H](CO)[C@H]3OC(=O)C=Cc3ccc(O)cc3)O[C@H]2C)[C@H](O)[C@H](O)[C@H]1O. The number of hydrogen-bond acceptors (Lipinski definition) is 17. The summed E-state index contributed by atoms with van der Waals surface area (Å²) in [5.74, 6) is -0.819. The van der Waals surface area contributed by atoms with Crippen molar-refractivity contribution in [1.82, 2.24) is 0 Å². The van der Waals surface area contributed by atoms with Crippen LogP contribution >= 0.6 is 0 Å². The molecule has 3 aliphatic heterocycles. The largest absolute Gasteiger partial charge is 0.508 e. The molecule has 0 spiro atoms. The van der Waals surface area contributed by atoms with Crippen molar-refractivity contribution in [2.24, 2.45) is 0 Å². The molecule has 2 aromatic rings. The van der Waals surface area contributed by atoms with Gasteiger partial charge in [0.15, 0.2) is 25.0 Å². The number of phenols is 2. The Morgan fingerprint density at radius 2 is 1.25 bits per heavy atom. The van der Waals surface area contributed by atoms with Gasteiger partial charge in [-0.1, -0.05) is 24.3 Å². The van der Waals surface area contributed by atoms with Crippen molar-refractivity contribution in [3.8, 4) is 11.5 Å². The van der Waals surface area contributed by atoms with E-state index in [1.807, 2.05) is 0 Å². The number of esters is 1. The van der Waals surface area contributed by atoms with Crippen molar-refractivity contribution in [1.29, 1.82) is 0 Å². The zero-order chi connectivity index (χ0) is 37.7. The number of hydrogen-bond donors (Lipinski definition) is 9. The van der Waals surface area contributed by atoms with E-state index in [0.717, 1.165) is 11.6 Å². The van der Waals surface area contributed by atoms with E-state index >= 15 is 0 Å². The highest BCUT2D eigenvalue weighted by atomic mass is 16.8. The van der Waals surface area contributed by atoms with Crippen LogP contribution in [0.1, 0.15) is 25.0 Å². The third kappa shape index (κ3) is 9.44. The van der Waals surface area contributed by atoms with Crippen LogP contribution in [0.5, 0.6) is 11.5 Å². The maximum Gasteiger partial charge on any atom is 0.331 e. The second-order valence-electron chi connectivity index (χ2n) is 12.9. The summed E-state index contributed by atoms with van der Waals surface area (Å²) in [6.07, 6.45) is -19.6. The summed E-state index contributed by atoms with van der Waals surface area (Å²) < 4.78 is 40.3. The van der Waals surface area contributed by atoms with E-state index < -0.39 is 105 Å². The topological polar surface area (TPSA) is 264 Å². The Balaban J connectivity index is 1.32. The number of aliphatic hydroxyl groups excluding tert-OH is 7. The fraction of sp³-hybridized carbons (Fsp3) is 0.571. The Hall–Kier alpha value is -3.27. The first-order chi connectivity index (χ1) is 24.8. The molecule has 3 heterocycles. The lowest BCUT2D eigenvalue weighted by Crippen LogP contribution is -2.66. The summed E-state index contributed by atoms with van der Waals surface area (Å²) >= 11 is 0. The summed E-state index contributed by atoms with van der Waals surface area (Å²) in [6, 6.07) is 12.3. The highest BCUT2D eigenvalue weighted by Gasteiger charge is 2.54. The number of benzene rings is 2. The monoisotopic (exact) mass is 738 g/mol. The fourth-order valence-electron chi connectivity index (χ4n) is 6.10. The summed E-state index contributed by atoms with van der Waals surface area (Å²) in [7, 11) is 0. The minimum atomic E-state index is -1.86. The highest BCUT2D eigenvalue weighted by molar-refractivity contribution is 5.87. The van der Waals surface area contributed by atoms with Gasteiger partial charge < -0.3 is 79.1 Å². The van der Waals surface area contributed by atoms with E-state index in [1.165, 1.54) is 44.2 Å². The molecule has 2 aromatic carbocycles. The van der Waals surface area contributed by atoms with Gasteiger partial charge in [0.25, 0.3) is 0 Å². The van der Waals surface area contributed by atoms with E-state index in [2.05, 4.69) is 0 Å². The maximum atomic E-state index is 13.0. The standard InChI is InChI=1S/C35H46O17/c1-16-24(40)25(41)27(43)34(47-16)51-30-17(2)48-35(28(44)26(30)42)52-32-29(45)33(46-14-13-19-5-10-21(38)11-6-19)49-22(15-36)31(32)50-23(39)12-7-18-3-8-20(37)9-4-18/h3-12,16-17,22,24-38,40-45H,13-15H2,1-2H3/t16-,17-,22+,24-,25+,26-,27+,28+,29+,30-,31+,32+,33+,34-,35-/m0/s1. The second kappa shape index (κ2) is 17.7. The summed E-state index contributed by atoms with van der Waals surface area (Å²) in [5, 5.41) is 93.7. The van der Waals surface area contributed by atoms with Crippen LogP contribution in [0, 0.1) is 0 Å². The van der Waals surface area contributed by atoms with E-state index in [-0.39, 0.29) is 18.1 Å². The molecule has 0 bridgehead atoms. The van der Waals surface area contributed by atoms with Crippen LogP contribution in [-0.4, -0.2) is 157 Å². The molecule has 288 valence electrons. The zero-order valence-corrected chi connectivity index (χ0v) is 28.3. The summed E-state index contributed by atoms with van der Waals surface area (Å²) in [4.78, 5) is 13.0. The predicted octanol–water partition coefficient (Wildman–Crippen LogP) is -1.58. The normalized spacial score (nSPS) is 38.3. The Kier molecular flexibility index (Phi) is 13.6. The van der Waals surface area contributed by atoms with Crippen LogP contribution < -0.4 is 0 Å². The first-order valence-corrected chi connectivity index (χ1v) is 16.8. The molecule has 0 aliphatic carbocycles. The van der Waals surface area contributed by atoms with Crippen molar-refractivity contribution in [2.45, 2.75) is 112 Å². The highest BCUT2D eigenvalue weighted by Crippen LogP contribution is 2.33. The van der Waals surface area contributed by atoms with Crippen molar-refractivity contribution in [2.75, 3.05) is 13.2 Å². The molecule has 0 unspecified atom stereocenters. The van der Waals surface area contributed by atoms with Crippen molar-refractivity contribution >= 4 is 12.0 Å². The van der Waals surface area contributed by atoms with Gasteiger partial charge in [-0.15, -0.1) is 0 Å². The zero-order valence-electron chi connectivity index (χ0n) is 28.3. The number of rotatable bonds is 12.